The Hall–Kier alpha value is -4.73. The van der Waals surface area contributed by atoms with Gasteiger partial charge in [-0.15, -0.1) is 0 Å². The fourth-order valence-corrected chi connectivity index (χ4v) is 5.61. The fraction of sp³-hybridized carbons (Fsp3) is 0.125. The zero-order valence-corrected chi connectivity index (χ0v) is 24.0. The van der Waals surface area contributed by atoms with Gasteiger partial charge >= 0.3 is 11.9 Å². The molecule has 0 spiro atoms. The minimum atomic E-state index is -1.07. The molecular weight excluding hydrogens is 576 g/mol. The fourth-order valence-electron chi connectivity index (χ4n) is 4.50. The molecular formula is C32H25ClN2O6S. The second-order valence-corrected chi connectivity index (χ2v) is 10.7. The summed E-state index contributed by atoms with van der Waals surface area (Å²) in [7, 11) is 0. The van der Waals surface area contributed by atoms with Gasteiger partial charge in [0.25, 0.3) is 5.78 Å². The number of rotatable bonds is 9. The lowest BCUT2D eigenvalue weighted by atomic mass is 9.95. The first-order valence-corrected chi connectivity index (χ1v) is 14.1. The van der Waals surface area contributed by atoms with Crippen LogP contribution in [0.15, 0.2) is 97.1 Å². The van der Waals surface area contributed by atoms with Crippen LogP contribution in [0, 0.1) is 6.92 Å². The van der Waals surface area contributed by atoms with Crippen molar-refractivity contribution in [2.75, 3.05) is 11.5 Å². The van der Waals surface area contributed by atoms with Gasteiger partial charge < -0.3 is 14.6 Å². The normalized spacial score (nSPS) is 16.0. The van der Waals surface area contributed by atoms with Crippen LogP contribution in [0.25, 0.3) is 5.76 Å². The zero-order valence-electron chi connectivity index (χ0n) is 22.5. The van der Waals surface area contributed by atoms with Gasteiger partial charge in [-0.05, 0) is 54.4 Å². The van der Waals surface area contributed by atoms with Gasteiger partial charge in [0.05, 0.1) is 17.3 Å². The summed E-state index contributed by atoms with van der Waals surface area (Å²) in [4.78, 5) is 45.5. The molecule has 0 saturated carbocycles. The first-order valence-electron chi connectivity index (χ1n) is 12.9. The maximum Gasteiger partial charge on any atom is 0.350 e. The van der Waals surface area contributed by atoms with Crippen LogP contribution in [-0.2, 0) is 20.9 Å². The average Bonchev–Trinajstić information content (AvgIpc) is 3.51. The first kappa shape index (κ1) is 28.8. The number of carbonyl (C=O) groups excluding carboxylic acids is 3. The number of esters is 1. The van der Waals surface area contributed by atoms with E-state index < -0.39 is 23.7 Å². The van der Waals surface area contributed by atoms with Crippen molar-refractivity contribution in [1.29, 1.82) is 0 Å². The van der Waals surface area contributed by atoms with Crippen molar-refractivity contribution in [3.8, 4) is 5.75 Å². The third-order valence-electron chi connectivity index (χ3n) is 6.49. The Kier molecular flexibility index (Phi) is 8.51. The van der Waals surface area contributed by atoms with E-state index in [4.69, 9.17) is 21.1 Å². The molecule has 42 heavy (non-hydrogen) atoms. The number of nitrogens with zero attached hydrogens (tertiary/aromatic N) is 2. The maximum atomic E-state index is 13.6. The largest absolute Gasteiger partial charge is 0.507 e. The molecule has 2 heterocycles. The number of hydrogen-bond acceptors (Lipinski definition) is 8. The summed E-state index contributed by atoms with van der Waals surface area (Å²) < 4.78 is 11.2. The quantitative estimate of drug-likeness (QED) is 0.0753. The molecule has 4 aromatic rings. The molecule has 1 N–H and O–H groups in total. The molecule has 1 unspecified atom stereocenters. The summed E-state index contributed by atoms with van der Waals surface area (Å²) in [5, 5.41) is 11.9. The topological polar surface area (TPSA) is 106 Å². The number of anilines is 1. The summed E-state index contributed by atoms with van der Waals surface area (Å²) in [5.41, 5.74) is 1.97. The van der Waals surface area contributed by atoms with Gasteiger partial charge in [0.15, 0.2) is 5.13 Å². The van der Waals surface area contributed by atoms with Gasteiger partial charge in [-0.3, -0.25) is 14.5 Å². The number of ether oxygens (including phenoxy) is 2. The van der Waals surface area contributed by atoms with Crippen molar-refractivity contribution in [2.45, 2.75) is 19.6 Å². The van der Waals surface area contributed by atoms with Crippen LogP contribution in [0.4, 0.5) is 5.13 Å². The number of aliphatic hydroxyl groups is 1. The maximum absolute atomic E-state index is 13.6. The summed E-state index contributed by atoms with van der Waals surface area (Å²) in [6.07, 6.45) is 1.44. The number of Topliss-reactive ketones (excluding diaryl/α,β-unsaturated/α-hetero) is 1. The van der Waals surface area contributed by atoms with E-state index in [1.165, 1.54) is 11.0 Å². The Morgan fingerprint density at radius 2 is 1.83 bits per heavy atom. The Morgan fingerprint density at radius 3 is 2.55 bits per heavy atom. The number of thiazole rings is 1. The third kappa shape index (κ3) is 5.83. The van der Waals surface area contributed by atoms with E-state index in [0.29, 0.717) is 34.2 Å². The van der Waals surface area contributed by atoms with Crippen LogP contribution in [-0.4, -0.2) is 34.4 Å². The first-order chi connectivity index (χ1) is 20.3. The molecule has 0 bridgehead atoms. The van der Waals surface area contributed by atoms with Crippen molar-refractivity contribution in [3.63, 3.8) is 0 Å². The lowest BCUT2D eigenvalue weighted by Gasteiger charge is -2.23. The molecule has 1 atom stereocenters. The molecule has 5 rings (SSSR count). The van der Waals surface area contributed by atoms with Gasteiger partial charge in [0.2, 0.25) is 0 Å². The molecule has 1 amide bonds. The van der Waals surface area contributed by atoms with Crippen LogP contribution >= 0.6 is 22.9 Å². The van der Waals surface area contributed by atoms with E-state index in [9.17, 15) is 19.5 Å². The molecule has 1 aliphatic heterocycles. The van der Waals surface area contributed by atoms with E-state index >= 15 is 0 Å². The second kappa shape index (κ2) is 12.4. The molecule has 212 valence electrons. The summed E-state index contributed by atoms with van der Waals surface area (Å²) in [6.45, 7) is 5.47. The van der Waals surface area contributed by atoms with Crippen LogP contribution in [0.3, 0.4) is 0 Å². The molecule has 3 aromatic carbocycles. The number of carbonyl (C=O) groups is 3. The average molecular weight is 601 g/mol. The highest BCUT2D eigenvalue weighted by Gasteiger charge is 2.48. The minimum Gasteiger partial charge on any atom is -0.507 e. The monoisotopic (exact) mass is 600 g/mol. The van der Waals surface area contributed by atoms with E-state index in [1.807, 2.05) is 30.3 Å². The van der Waals surface area contributed by atoms with Crippen molar-refractivity contribution in [1.82, 2.24) is 4.98 Å². The number of halogens is 1. The second-order valence-electron chi connectivity index (χ2n) is 9.32. The van der Waals surface area contributed by atoms with Crippen molar-refractivity contribution >= 4 is 51.5 Å². The van der Waals surface area contributed by atoms with Gasteiger partial charge in [-0.1, -0.05) is 78.1 Å². The van der Waals surface area contributed by atoms with Crippen molar-refractivity contribution in [3.05, 3.63) is 129 Å². The summed E-state index contributed by atoms with van der Waals surface area (Å²) in [6, 6.07) is 21.8. The molecule has 1 aliphatic rings. The Labute approximate surface area is 251 Å². The van der Waals surface area contributed by atoms with E-state index in [-0.39, 0.29) is 27.9 Å². The highest BCUT2D eigenvalue weighted by atomic mass is 35.5. The van der Waals surface area contributed by atoms with E-state index in [2.05, 4.69) is 11.6 Å². The number of aromatic nitrogens is 1. The standard InChI is InChI=1S/C32H25ClN2O6S/c1-3-16-40-31(39)29-19(2)34-32(42-29)35-26(22-10-7-11-24(17-22)41-18-20-8-5-4-6-9-20)25(28(37)30(35)38)27(36)21-12-14-23(33)15-13-21/h3-15,17,26,36H,1,16,18H2,2H3/b27-25+. The zero-order chi connectivity index (χ0) is 29.8. The molecule has 1 saturated heterocycles. The number of ketones is 1. The number of aliphatic hydroxyl groups excluding tert-OH is 1. The van der Waals surface area contributed by atoms with Gasteiger partial charge in [0.1, 0.15) is 29.6 Å². The third-order valence-corrected chi connectivity index (χ3v) is 7.88. The Balaban J connectivity index is 1.60. The predicted octanol–water partition coefficient (Wildman–Crippen LogP) is 6.65. The van der Waals surface area contributed by atoms with Gasteiger partial charge in [0, 0.05) is 10.6 Å². The summed E-state index contributed by atoms with van der Waals surface area (Å²) in [5.74, 6) is -2.29. The molecule has 8 nitrogen and oxygen atoms in total. The van der Waals surface area contributed by atoms with Gasteiger partial charge in [-0.25, -0.2) is 9.78 Å². The Morgan fingerprint density at radius 1 is 1.10 bits per heavy atom. The smallest absolute Gasteiger partial charge is 0.350 e. The van der Waals surface area contributed by atoms with Crippen LogP contribution < -0.4 is 9.64 Å². The number of hydrogen-bond donors (Lipinski definition) is 1. The molecule has 10 heteroatoms. The van der Waals surface area contributed by atoms with Crippen LogP contribution in [0.5, 0.6) is 5.75 Å². The lowest BCUT2D eigenvalue weighted by molar-refractivity contribution is -0.132. The van der Waals surface area contributed by atoms with E-state index in [1.54, 1.807) is 55.5 Å². The van der Waals surface area contributed by atoms with Crippen molar-refractivity contribution < 1.29 is 29.0 Å². The molecule has 1 aromatic heterocycles. The lowest BCUT2D eigenvalue weighted by Crippen LogP contribution is -2.29. The molecule has 0 aliphatic carbocycles. The molecule has 0 radical (unpaired) electrons. The predicted molar refractivity (Wildman–Crippen MR) is 161 cm³/mol. The summed E-state index contributed by atoms with van der Waals surface area (Å²) >= 11 is 6.95. The van der Waals surface area contributed by atoms with Gasteiger partial charge in [-0.2, -0.15) is 0 Å². The SMILES string of the molecule is C=CCOC(=O)c1sc(N2C(=O)C(=O)/C(=C(/O)c3ccc(Cl)cc3)C2c2cccc(OCc3ccccc3)c2)nc1C. The number of aryl methyl sites for hydroxylation is 1. The number of amides is 1. The highest BCUT2D eigenvalue weighted by molar-refractivity contribution is 7.17. The van der Waals surface area contributed by atoms with Crippen molar-refractivity contribution in [2.24, 2.45) is 0 Å². The highest BCUT2D eigenvalue weighted by Crippen LogP contribution is 2.44. The minimum absolute atomic E-state index is 0.00683. The molecule has 1 fully saturated rings. The van der Waals surface area contributed by atoms with Crippen LogP contribution in [0.1, 0.15) is 38.1 Å². The van der Waals surface area contributed by atoms with E-state index in [0.717, 1.165) is 16.9 Å². The Bertz CT molecular complexity index is 1700. The van der Waals surface area contributed by atoms with Crippen LogP contribution in [0.2, 0.25) is 5.02 Å². The number of benzene rings is 3.